The second-order valence-corrected chi connectivity index (χ2v) is 6.74. The maximum atomic E-state index is 12.7. The summed E-state index contributed by atoms with van der Waals surface area (Å²) in [4.78, 5) is 25.0. The Hall–Kier alpha value is -3.61. The predicted molar refractivity (Wildman–Crippen MR) is 108 cm³/mol. The molecule has 0 aromatic heterocycles. The minimum Gasteiger partial charge on any atom is -0.348 e. The van der Waals surface area contributed by atoms with Crippen LogP contribution in [0.4, 0.5) is 18.9 Å². The molecule has 0 aliphatic rings. The number of hydrogen-bond acceptors (Lipinski definition) is 2. The molecular formula is C23H19F3N2O2. The van der Waals surface area contributed by atoms with Gasteiger partial charge in [-0.15, -0.1) is 0 Å². The molecule has 154 valence electrons. The largest absolute Gasteiger partial charge is 0.416 e. The summed E-state index contributed by atoms with van der Waals surface area (Å²) in [6.07, 6.45) is -4.48. The number of carbonyl (C=O) groups is 2. The lowest BCUT2D eigenvalue weighted by Crippen LogP contribution is -2.25. The average Bonchev–Trinajstić information content (AvgIpc) is 2.73. The molecule has 0 heterocycles. The Morgan fingerprint density at radius 3 is 2.10 bits per heavy atom. The van der Waals surface area contributed by atoms with Gasteiger partial charge in [-0.1, -0.05) is 42.0 Å². The highest BCUT2D eigenvalue weighted by Gasteiger charge is 2.30. The Morgan fingerprint density at radius 1 is 0.833 bits per heavy atom. The van der Waals surface area contributed by atoms with Crippen molar-refractivity contribution in [2.24, 2.45) is 0 Å². The number of hydrogen-bond donors (Lipinski definition) is 2. The molecule has 0 saturated carbocycles. The predicted octanol–water partition coefficient (Wildman–Crippen LogP) is 5.20. The molecule has 0 saturated heterocycles. The molecule has 0 aliphatic heterocycles. The normalized spacial score (nSPS) is 11.1. The van der Waals surface area contributed by atoms with Crippen LogP contribution in [0.3, 0.4) is 0 Å². The van der Waals surface area contributed by atoms with Gasteiger partial charge in [-0.2, -0.15) is 13.2 Å². The van der Waals surface area contributed by atoms with Crippen molar-refractivity contribution in [3.8, 4) is 0 Å². The number of amides is 2. The van der Waals surface area contributed by atoms with E-state index < -0.39 is 17.6 Å². The van der Waals surface area contributed by atoms with Crippen LogP contribution >= 0.6 is 0 Å². The third-order valence-electron chi connectivity index (χ3n) is 4.47. The number of halogens is 3. The van der Waals surface area contributed by atoms with Gasteiger partial charge in [0.25, 0.3) is 11.8 Å². The van der Waals surface area contributed by atoms with E-state index in [-0.39, 0.29) is 22.7 Å². The van der Waals surface area contributed by atoms with Gasteiger partial charge in [0.05, 0.1) is 16.8 Å². The average molecular weight is 412 g/mol. The molecule has 7 heteroatoms. The number of carbonyl (C=O) groups excluding carboxylic acids is 2. The van der Waals surface area contributed by atoms with Gasteiger partial charge >= 0.3 is 6.18 Å². The number of nitrogens with one attached hydrogen (secondary N) is 2. The monoisotopic (exact) mass is 412 g/mol. The maximum absolute atomic E-state index is 12.7. The highest BCUT2D eigenvalue weighted by Crippen LogP contribution is 2.29. The van der Waals surface area contributed by atoms with Crippen LogP contribution < -0.4 is 10.6 Å². The zero-order valence-corrected chi connectivity index (χ0v) is 16.1. The lowest BCUT2D eigenvalue weighted by atomic mass is 10.1. The molecule has 3 aromatic carbocycles. The van der Waals surface area contributed by atoms with Crippen molar-refractivity contribution < 1.29 is 22.8 Å². The fourth-order valence-electron chi connectivity index (χ4n) is 2.78. The summed E-state index contributed by atoms with van der Waals surface area (Å²) in [6.45, 7) is 2.29. The molecule has 2 amide bonds. The smallest absolute Gasteiger partial charge is 0.348 e. The minimum atomic E-state index is -4.48. The standard InChI is InChI=1S/C23H19F3N2O2/c1-15-6-8-16(9-7-15)14-27-22(30)19-4-2-3-5-20(19)28-21(29)17-10-12-18(13-11-17)23(24,25)26/h2-13H,14H2,1H3,(H,27,30)(H,28,29). The van der Waals surface area contributed by atoms with Crippen molar-refractivity contribution >= 4 is 17.5 Å². The summed E-state index contributed by atoms with van der Waals surface area (Å²) in [5, 5.41) is 5.39. The summed E-state index contributed by atoms with van der Waals surface area (Å²) >= 11 is 0. The zero-order valence-electron chi connectivity index (χ0n) is 16.1. The molecule has 30 heavy (non-hydrogen) atoms. The van der Waals surface area contributed by atoms with E-state index in [0.29, 0.717) is 6.54 Å². The van der Waals surface area contributed by atoms with Crippen LogP contribution in [-0.4, -0.2) is 11.8 Å². The van der Waals surface area contributed by atoms with E-state index in [1.54, 1.807) is 24.3 Å². The molecular weight excluding hydrogens is 393 g/mol. The van der Waals surface area contributed by atoms with Crippen molar-refractivity contribution in [2.75, 3.05) is 5.32 Å². The molecule has 0 fully saturated rings. The van der Waals surface area contributed by atoms with E-state index in [0.717, 1.165) is 35.4 Å². The number of benzene rings is 3. The van der Waals surface area contributed by atoms with E-state index in [1.807, 2.05) is 31.2 Å². The third kappa shape index (κ3) is 5.26. The van der Waals surface area contributed by atoms with E-state index >= 15 is 0 Å². The van der Waals surface area contributed by atoms with Gasteiger partial charge in [-0.25, -0.2) is 0 Å². The van der Waals surface area contributed by atoms with Gasteiger partial charge in [0, 0.05) is 12.1 Å². The highest BCUT2D eigenvalue weighted by molar-refractivity contribution is 6.09. The molecule has 3 aromatic rings. The summed E-state index contributed by atoms with van der Waals surface area (Å²) in [6, 6.07) is 18.0. The molecule has 0 spiro atoms. The fourth-order valence-corrected chi connectivity index (χ4v) is 2.78. The summed E-state index contributed by atoms with van der Waals surface area (Å²) in [5.41, 5.74) is 1.78. The lowest BCUT2D eigenvalue weighted by molar-refractivity contribution is -0.137. The van der Waals surface area contributed by atoms with Crippen LogP contribution in [-0.2, 0) is 12.7 Å². The molecule has 0 bridgehead atoms. The lowest BCUT2D eigenvalue weighted by Gasteiger charge is -2.12. The molecule has 0 radical (unpaired) electrons. The van der Waals surface area contributed by atoms with Crippen LogP contribution in [0, 0.1) is 6.92 Å². The topological polar surface area (TPSA) is 58.2 Å². The first-order chi connectivity index (χ1) is 14.2. The Kier molecular flexibility index (Phi) is 6.20. The number of aryl methyl sites for hydroxylation is 1. The summed E-state index contributed by atoms with van der Waals surface area (Å²) in [5.74, 6) is -0.985. The number of alkyl halides is 3. The van der Waals surface area contributed by atoms with E-state index in [9.17, 15) is 22.8 Å². The molecule has 4 nitrogen and oxygen atoms in total. The van der Waals surface area contributed by atoms with Gasteiger partial charge in [-0.3, -0.25) is 9.59 Å². The first kappa shape index (κ1) is 21.1. The SMILES string of the molecule is Cc1ccc(CNC(=O)c2ccccc2NC(=O)c2ccc(C(F)(F)F)cc2)cc1. The van der Waals surface area contributed by atoms with Gasteiger partial charge in [0.15, 0.2) is 0 Å². The van der Waals surface area contributed by atoms with Crippen LogP contribution in [0.2, 0.25) is 0 Å². The van der Waals surface area contributed by atoms with Gasteiger partial charge < -0.3 is 10.6 Å². The van der Waals surface area contributed by atoms with Gasteiger partial charge in [0.2, 0.25) is 0 Å². The second kappa shape index (κ2) is 8.82. The second-order valence-electron chi connectivity index (χ2n) is 6.74. The Balaban J connectivity index is 1.70. The van der Waals surface area contributed by atoms with Crippen LogP contribution in [0.5, 0.6) is 0 Å². The van der Waals surface area contributed by atoms with Crippen LogP contribution in [0.1, 0.15) is 37.4 Å². The number of rotatable bonds is 5. The van der Waals surface area contributed by atoms with Crippen molar-refractivity contribution in [1.29, 1.82) is 0 Å². The van der Waals surface area contributed by atoms with Gasteiger partial charge in [0.1, 0.15) is 0 Å². The first-order valence-electron chi connectivity index (χ1n) is 9.15. The number of anilines is 1. The maximum Gasteiger partial charge on any atom is 0.416 e. The Morgan fingerprint density at radius 2 is 1.47 bits per heavy atom. The molecule has 0 aliphatic carbocycles. The molecule has 3 rings (SSSR count). The Bertz CT molecular complexity index is 1040. The Labute approximate surface area is 171 Å². The molecule has 2 N–H and O–H groups in total. The third-order valence-corrected chi connectivity index (χ3v) is 4.47. The molecule has 0 unspecified atom stereocenters. The van der Waals surface area contributed by atoms with Crippen molar-refractivity contribution in [3.63, 3.8) is 0 Å². The quantitative estimate of drug-likeness (QED) is 0.606. The highest BCUT2D eigenvalue weighted by atomic mass is 19.4. The fraction of sp³-hybridized carbons (Fsp3) is 0.130. The van der Waals surface area contributed by atoms with Crippen molar-refractivity contribution in [1.82, 2.24) is 5.32 Å². The van der Waals surface area contributed by atoms with E-state index in [4.69, 9.17) is 0 Å². The summed E-state index contributed by atoms with van der Waals surface area (Å²) in [7, 11) is 0. The minimum absolute atomic E-state index is 0.0536. The van der Waals surface area contributed by atoms with E-state index in [1.165, 1.54) is 0 Å². The van der Waals surface area contributed by atoms with Crippen LogP contribution in [0.15, 0.2) is 72.8 Å². The van der Waals surface area contributed by atoms with Gasteiger partial charge in [-0.05, 0) is 48.9 Å². The zero-order chi connectivity index (χ0) is 21.7. The van der Waals surface area contributed by atoms with E-state index in [2.05, 4.69) is 10.6 Å². The van der Waals surface area contributed by atoms with Crippen molar-refractivity contribution in [2.45, 2.75) is 19.6 Å². The van der Waals surface area contributed by atoms with Crippen LogP contribution in [0.25, 0.3) is 0 Å². The summed E-state index contributed by atoms with van der Waals surface area (Å²) < 4.78 is 38.0. The van der Waals surface area contributed by atoms with Crippen molar-refractivity contribution in [3.05, 3.63) is 101 Å². The first-order valence-corrected chi connectivity index (χ1v) is 9.15. The molecule has 0 atom stereocenters. The number of para-hydroxylation sites is 1.